The lowest BCUT2D eigenvalue weighted by Crippen LogP contribution is -2.35. The predicted molar refractivity (Wildman–Crippen MR) is 108 cm³/mol. The Balaban J connectivity index is 1.60. The average Bonchev–Trinajstić information content (AvgIpc) is 3.17. The molecule has 1 aromatic heterocycles. The SMILES string of the molecule is CN(CC(=O)Nc1ccc(N2CCCC2)cn1)S(=O)(=O)c1ccc(Br)cc1. The van der Waals surface area contributed by atoms with Crippen molar-refractivity contribution in [2.24, 2.45) is 0 Å². The number of halogens is 1. The van der Waals surface area contributed by atoms with Crippen molar-refractivity contribution < 1.29 is 13.2 Å². The number of hydrogen-bond acceptors (Lipinski definition) is 5. The number of carbonyl (C=O) groups excluding carboxylic acids is 1. The zero-order chi connectivity index (χ0) is 19.4. The molecule has 144 valence electrons. The van der Waals surface area contributed by atoms with Gasteiger partial charge >= 0.3 is 0 Å². The first-order valence-electron chi connectivity index (χ1n) is 8.59. The van der Waals surface area contributed by atoms with Gasteiger partial charge in [0.2, 0.25) is 15.9 Å². The van der Waals surface area contributed by atoms with E-state index in [9.17, 15) is 13.2 Å². The maximum Gasteiger partial charge on any atom is 0.243 e. The number of nitrogens with one attached hydrogen (secondary N) is 1. The number of carbonyl (C=O) groups is 1. The average molecular weight is 453 g/mol. The topological polar surface area (TPSA) is 82.6 Å². The van der Waals surface area contributed by atoms with E-state index in [1.54, 1.807) is 24.4 Å². The van der Waals surface area contributed by atoms with Crippen molar-refractivity contribution >= 4 is 43.4 Å². The molecule has 1 aromatic carbocycles. The molecule has 0 spiro atoms. The first-order valence-corrected chi connectivity index (χ1v) is 10.8. The molecular weight excluding hydrogens is 432 g/mol. The summed E-state index contributed by atoms with van der Waals surface area (Å²) in [5.74, 6) is -0.0444. The molecule has 3 rings (SSSR count). The minimum atomic E-state index is -3.74. The van der Waals surface area contributed by atoms with Gasteiger partial charge in [-0.25, -0.2) is 13.4 Å². The van der Waals surface area contributed by atoms with Gasteiger partial charge in [0.1, 0.15) is 5.82 Å². The lowest BCUT2D eigenvalue weighted by Gasteiger charge is -2.18. The number of nitrogens with zero attached hydrogens (tertiary/aromatic N) is 3. The van der Waals surface area contributed by atoms with E-state index in [1.165, 1.54) is 32.0 Å². The summed E-state index contributed by atoms with van der Waals surface area (Å²) in [5, 5.41) is 2.64. The summed E-state index contributed by atoms with van der Waals surface area (Å²) in [6.45, 7) is 1.74. The lowest BCUT2D eigenvalue weighted by atomic mass is 10.3. The van der Waals surface area contributed by atoms with Crippen molar-refractivity contribution in [2.45, 2.75) is 17.7 Å². The molecule has 0 atom stereocenters. The van der Waals surface area contributed by atoms with Crippen molar-refractivity contribution in [3.05, 3.63) is 47.1 Å². The van der Waals surface area contributed by atoms with Crippen LogP contribution in [0.15, 0.2) is 52.0 Å². The zero-order valence-corrected chi connectivity index (χ0v) is 17.3. The number of hydrogen-bond donors (Lipinski definition) is 1. The lowest BCUT2D eigenvalue weighted by molar-refractivity contribution is -0.116. The maximum atomic E-state index is 12.5. The van der Waals surface area contributed by atoms with Gasteiger partial charge < -0.3 is 10.2 Å². The van der Waals surface area contributed by atoms with E-state index in [0.29, 0.717) is 5.82 Å². The minimum Gasteiger partial charge on any atom is -0.370 e. The number of aromatic nitrogens is 1. The van der Waals surface area contributed by atoms with Gasteiger partial charge in [0.25, 0.3) is 0 Å². The number of amides is 1. The molecular formula is C18H21BrN4O3S. The second kappa shape index (κ2) is 8.37. The third-order valence-electron chi connectivity index (χ3n) is 4.37. The first kappa shape index (κ1) is 19.8. The van der Waals surface area contributed by atoms with Crippen LogP contribution in [0.4, 0.5) is 11.5 Å². The van der Waals surface area contributed by atoms with E-state index in [4.69, 9.17) is 0 Å². The summed E-state index contributed by atoms with van der Waals surface area (Å²) >= 11 is 3.27. The molecule has 0 radical (unpaired) electrons. The molecule has 2 heterocycles. The van der Waals surface area contributed by atoms with Crippen molar-refractivity contribution in [1.82, 2.24) is 9.29 Å². The Labute approximate surface area is 167 Å². The van der Waals surface area contributed by atoms with Crippen LogP contribution in [-0.2, 0) is 14.8 Å². The largest absolute Gasteiger partial charge is 0.370 e. The van der Waals surface area contributed by atoms with Crippen molar-refractivity contribution in [1.29, 1.82) is 0 Å². The Morgan fingerprint density at radius 3 is 2.44 bits per heavy atom. The summed E-state index contributed by atoms with van der Waals surface area (Å²) in [7, 11) is -2.36. The molecule has 0 aliphatic carbocycles. The van der Waals surface area contributed by atoms with E-state index in [2.05, 4.69) is 31.1 Å². The number of rotatable bonds is 6. The van der Waals surface area contributed by atoms with Crippen LogP contribution in [0, 0.1) is 0 Å². The molecule has 1 aliphatic heterocycles. The van der Waals surface area contributed by atoms with Gasteiger partial charge in [-0.3, -0.25) is 4.79 Å². The molecule has 1 aliphatic rings. The summed E-state index contributed by atoms with van der Waals surface area (Å²) in [4.78, 5) is 18.9. The highest BCUT2D eigenvalue weighted by Crippen LogP contribution is 2.20. The molecule has 1 saturated heterocycles. The minimum absolute atomic E-state index is 0.133. The first-order chi connectivity index (χ1) is 12.9. The molecule has 0 unspecified atom stereocenters. The zero-order valence-electron chi connectivity index (χ0n) is 14.9. The van der Waals surface area contributed by atoms with Crippen molar-refractivity contribution in [3.63, 3.8) is 0 Å². The second-order valence-corrected chi connectivity index (χ2v) is 9.32. The highest BCUT2D eigenvalue weighted by molar-refractivity contribution is 9.10. The molecule has 9 heteroatoms. The third-order valence-corrected chi connectivity index (χ3v) is 6.72. The summed E-state index contributed by atoms with van der Waals surface area (Å²) < 4.78 is 26.9. The third kappa shape index (κ3) is 4.85. The predicted octanol–water partition coefficient (Wildman–Crippen LogP) is 2.70. The van der Waals surface area contributed by atoms with Crippen molar-refractivity contribution in [2.75, 3.05) is 36.9 Å². The fourth-order valence-corrected chi connectivity index (χ4v) is 4.27. The summed E-state index contributed by atoms with van der Waals surface area (Å²) in [6.07, 6.45) is 4.08. The fraction of sp³-hybridized carbons (Fsp3) is 0.333. The fourth-order valence-electron chi connectivity index (χ4n) is 2.88. The van der Waals surface area contributed by atoms with Crippen LogP contribution in [0.1, 0.15) is 12.8 Å². The number of sulfonamides is 1. The van der Waals surface area contributed by atoms with Crippen LogP contribution >= 0.6 is 15.9 Å². The smallest absolute Gasteiger partial charge is 0.243 e. The van der Waals surface area contributed by atoms with Gasteiger partial charge in [0, 0.05) is 24.6 Å². The van der Waals surface area contributed by atoms with Crippen LogP contribution in [-0.4, -0.2) is 50.3 Å². The molecule has 27 heavy (non-hydrogen) atoms. The van der Waals surface area contributed by atoms with Gasteiger partial charge in [0.15, 0.2) is 0 Å². The van der Waals surface area contributed by atoms with Crippen LogP contribution in [0.5, 0.6) is 0 Å². The highest BCUT2D eigenvalue weighted by Gasteiger charge is 2.23. The highest BCUT2D eigenvalue weighted by atomic mass is 79.9. The van der Waals surface area contributed by atoms with Gasteiger partial charge in [-0.2, -0.15) is 4.31 Å². The molecule has 0 saturated carbocycles. The standard InChI is InChI=1S/C18H21BrN4O3S/c1-22(27(25,26)16-7-4-14(19)5-8-16)13-18(24)21-17-9-6-15(12-20-17)23-10-2-3-11-23/h4-9,12H,2-3,10-11,13H2,1H3,(H,20,21,24). The van der Waals surface area contributed by atoms with E-state index < -0.39 is 15.9 Å². The van der Waals surface area contributed by atoms with Gasteiger partial charge in [-0.05, 0) is 49.2 Å². The quantitative estimate of drug-likeness (QED) is 0.728. The van der Waals surface area contributed by atoms with Crippen LogP contribution in [0.3, 0.4) is 0 Å². The molecule has 1 N–H and O–H groups in total. The number of benzene rings is 1. The van der Waals surface area contributed by atoms with Gasteiger partial charge in [-0.1, -0.05) is 15.9 Å². The number of likely N-dealkylation sites (N-methyl/N-ethyl adjacent to an activating group) is 1. The number of anilines is 2. The number of pyridine rings is 1. The Bertz CT molecular complexity index is 895. The normalized spacial score (nSPS) is 14.6. The maximum absolute atomic E-state index is 12.5. The second-order valence-electron chi connectivity index (χ2n) is 6.36. The van der Waals surface area contributed by atoms with Gasteiger partial charge in [-0.15, -0.1) is 0 Å². The summed E-state index contributed by atoms with van der Waals surface area (Å²) in [6, 6.07) is 9.92. The van der Waals surface area contributed by atoms with Crippen LogP contribution < -0.4 is 10.2 Å². The Morgan fingerprint density at radius 1 is 1.19 bits per heavy atom. The molecule has 1 fully saturated rings. The molecule has 2 aromatic rings. The Kier molecular flexibility index (Phi) is 6.13. The molecule has 0 bridgehead atoms. The van der Waals surface area contributed by atoms with E-state index in [1.807, 2.05) is 6.07 Å². The summed E-state index contributed by atoms with van der Waals surface area (Å²) in [5.41, 5.74) is 1.03. The van der Waals surface area contributed by atoms with Crippen LogP contribution in [0.25, 0.3) is 0 Å². The van der Waals surface area contributed by atoms with E-state index in [0.717, 1.165) is 27.6 Å². The van der Waals surface area contributed by atoms with E-state index in [-0.39, 0.29) is 11.4 Å². The van der Waals surface area contributed by atoms with Gasteiger partial charge in [0.05, 0.1) is 23.3 Å². The molecule has 7 nitrogen and oxygen atoms in total. The molecule has 1 amide bonds. The van der Waals surface area contributed by atoms with Crippen LogP contribution in [0.2, 0.25) is 0 Å². The Hall–Kier alpha value is -1.97. The van der Waals surface area contributed by atoms with Crippen molar-refractivity contribution in [3.8, 4) is 0 Å². The monoisotopic (exact) mass is 452 g/mol. The van der Waals surface area contributed by atoms with E-state index >= 15 is 0 Å². The Morgan fingerprint density at radius 2 is 1.85 bits per heavy atom.